The van der Waals surface area contributed by atoms with Crippen molar-refractivity contribution in [2.24, 2.45) is 5.92 Å². The molecule has 2 atom stereocenters. The predicted octanol–water partition coefficient (Wildman–Crippen LogP) is 2.98. The summed E-state index contributed by atoms with van der Waals surface area (Å²) >= 11 is 2.99. The van der Waals surface area contributed by atoms with E-state index in [1.807, 2.05) is 0 Å². The Morgan fingerprint density at radius 1 is 1.40 bits per heavy atom. The minimum absolute atomic E-state index is 0.00905. The fraction of sp³-hybridized carbons (Fsp3) is 0.417. The topological polar surface area (TPSA) is 58.6 Å². The monoisotopic (exact) mass is 353 g/mol. The molecule has 1 aromatic carbocycles. The van der Waals surface area contributed by atoms with Gasteiger partial charge in [0.15, 0.2) is 0 Å². The van der Waals surface area contributed by atoms with Crippen molar-refractivity contribution in [2.45, 2.75) is 12.2 Å². The van der Waals surface area contributed by atoms with Crippen molar-refractivity contribution in [1.82, 2.24) is 0 Å². The van der Waals surface area contributed by atoms with Gasteiger partial charge in [-0.2, -0.15) is 13.2 Å². The Labute approximate surface area is 121 Å². The molecule has 1 aliphatic rings. The van der Waals surface area contributed by atoms with Crippen LogP contribution < -0.4 is 5.32 Å². The smallest absolute Gasteiger partial charge is 0.418 e. The molecule has 1 heterocycles. The van der Waals surface area contributed by atoms with Gasteiger partial charge in [-0.05, 0) is 18.2 Å². The first-order valence-electron chi connectivity index (χ1n) is 5.73. The number of anilines is 1. The van der Waals surface area contributed by atoms with E-state index in [9.17, 15) is 18.0 Å². The largest absolute Gasteiger partial charge is 0.481 e. The standard InChI is InChI=1S/C12H11BrF3NO3/c13-6-1-2-9(8(3-6)12(14,15)16)17-10-5-20-4-7(10)11(18)19/h1-3,7,10,17H,4-5H2,(H,18,19). The van der Waals surface area contributed by atoms with E-state index in [0.29, 0.717) is 4.47 Å². The number of nitrogens with one attached hydrogen (secondary N) is 1. The number of rotatable bonds is 3. The zero-order valence-corrected chi connectivity index (χ0v) is 11.7. The first-order valence-corrected chi connectivity index (χ1v) is 6.52. The molecule has 8 heteroatoms. The number of aliphatic carboxylic acids is 1. The van der Waals surface area contributed by atoms with E-state index >= 15 is 0 Å². The molecule has 1 saturated heterocycles. The average Bonchev–Trinajstić information content (AvgIpc) is 2.78. The Bertz CT molecular complexity index is 521. The number of benzene rings is 1. The van der Waals surface area contributed by atoms with Gasteiger partial charge < -0.3 is 15.2 Å². The van der Waals surface area contributed by atoms with Crippen LogP contribution in [0.3, 0.4) is 0 Å². The number of carboxylic acid groups (broad SMARTS) is 1. The molecule has 0 bridgehead atoms. The average molecular weight is 354 g/mol. The number of ether oxygens (including phenoxy) is 1. The van der Waals surface area contributed by atoms with E-state index in [1.54, 1.807) is 0 Å². The van der Waals surface area contributed by atoms with Crippen LogP contribution in [0.1, 0.15) is 5.56 Å². The molecule has 1 aromatic rings. The Balaban J connectivity index is 2.27. The summed E-state index contributed by atoms with van der Waals surface area (Å²) in [7, 11) is 0. The van der Waals surface area contributed by atoms with Gasteiger partial charge in [0.2, 0.25) is 0 Å². The maximum absolute atomic E-state index is 12.9. The molecule has 0 radical (unpaired) electrons. The van der Waals surface area contributed by atoms with E-state index in [2.05, 4.69) is 21.2 Å². The van der Waals surface area contributed by atoms with Gasteiger partial charge >= 0.3 is 12.1 Å². The Kier molecular flexibility index (Phi) is 4.24. The van der Waals surface area contributed by atoms with Crippen LogP contribution in [0.4, 0.5) is 18.9 Å². The molecule has 0 aliphatic carbocycles. The second-order valence-corrected chi connectivity index (χ2v) is 5.34. The fourth-order valence-corrected chi connectivity index (χ4v) is 2.38. The Morgan fingerprint density at radius 3 is 2.70 bits per heavy atom. The molecule has 1 fully saturated rings. The van der Waals surface area contributed by atoms with Crippen LogP contribution in [0.15, 0.2) is 22.7 Å². The van der Waals surface area contributed by atoms with E-state index in [-0.39, 0.29) is 18.9 Å². The second-order valence-electron chi connectivity index (χ2n) is 4.42. The van der Waals surface area contributed by atoms with Gasteiger partial charge in [-0.1, -0.05) is 15.9 Å². The molecule has 2 rings (SSSR count). The second kappa shape index (κ2) is 5.61. The molecular formula is C12H11BrF3NO3. The van der Waals surface area contributed by atoms with Gasteiger partial charge in [0, 0.05) is 10.2 Å². The normalized spacial score (nSPS) is 22.8. The predicted molar refractivity (Wildman–Crippen MR) is 68.5 cm³/mol. The van der Waals surface area contributed by atoms with Crippen molar-refractivity contribution < 1.29 is 27.8 Å². The number of carboxylic acids is 1. The van der Waals surface area contributed by atoms with Gasteiger partial charge in [0.25, 0.3) is 0 Å². The zero-order valence-electron chi connectivity index (χ0n) is 10.1. The van der Waals surface area contributed by atoms with Gasteiger partial charge in [0.1, 0.15) is 5.92 Å². The Hall–Kier alpha value is -1.28. The quantitative estimate of drug-likeness (QED) is 0.876. The lowest BCUT2D eigenvalue weighted by atomic mass is 10.0. The highest BCUT2D eigenvalue weighted by atomic mass is 79.9. The maximum Gasteiger partial charge on any atom is 0.418 e. The number of carbonyl (C=O) groups is 1. The zero-order chi connectivity index (χ0) is 14.9. The summed E-state index contributed by atoms with van der Waals surface area (Å²) in [6, 6.07) is 3.00. The molecule has 2 N–H and O–H groups in total. The van der Waals surface area contributed by atoms with Crippen LogP contribution in [-0.2, 0) is 15.7 Å². The van der Waals surface area contributed by atoms with Crippen molar-refractivity contribution in [2.75, 3.05) is 18.5 Å². The van der Waals surface area contributed by atoms with Crippen molar-refractivity contribution in [3.63, 3.8) is 0 Å². The molecule has 2 unspecified atom stereocenters. The Morgan fingerprint density at radius 2 is 2.10 bits per heavy atom. The SMILES string of the molecule is O=C(O)C1COCC1Nc1ccc(Br)cc1C(F)(F)F. The third-order valence-corrected chi connectivity index (χ3v) is 3.52. The van der Waals surface area contributed by atoms with Crippen LogP contribution in [0.2, 0.25) is 0 Å². The first-order chi connectivity index (χ1) is 9.29. The van der Waals surface area contributed by atoms with E-state index < -0.39 is 29.7 Å². The summed E-state index contributed by atoms with van der Waals surface area (Å²) in [5.41, 5.74) is -0.995. The molecule has 4 nitrogen and oxygen atoms in total. The van der Waals surface area contributed by atoms with Gasteiger partial charge in [0.05, 0.1) is 24.8 Å². The van der Waals surface area contributed by atoms with Crippen molar-refractivity contribution in [1.29, 1.82) is 0 Å². The van der Waals surface area contributed by atoms with Crippen molar-refractivity contribution in [3.05, 3.63) is 28.2 Å². The van der Waals surface area contributed by atoms with Gasteiger partial charge in [-0.3, -0.25) is 4.79 Å². The molecule has 20 heavy (non-hydrogen) atoms. The molecule has 110 valence electrons. The molecule has 0 aromatic heterocycles. The lowest BCUT2D eigenvalue weighted by Gasteiger charge is -2.20. The van der Waals surface area contributed by atoms with E-state index in [1.165, 1.54) is 12.1 Å². The maximum atomic E-state index is 12.9. The number of hydrogen-bond donors (Lipinski definition) is 2. The molecular weight excluding hydrogens is 343 g/mol. The first kappa shape index (κ1) is 15.1. The third kappa shape index (κ3) is 3.24. The highest BCUT2D eigenvalue weighted by Crippen LogP contribution is 2.37. The van der Waals surface area contributed by atoms with Crippen LogP contribution in [0.5, 0.6) is 0 Å². The van der Waals surface area contributed by atoms with Gasteiger partial charge in [-0.25, -0.2) is 0 Å². The van der Waals surface area contributed by atoms with Crippen molar-refractivity contribution >= 4 is 27.6 Å². The molecule has 0 saturated carbocycles. The van der Waals surface area contributed by atoms with Crippen LogP contribution in [-0.4, -0.2) is 30.3 Å². The lowest BCUT2D eigenvalue weighted by molar-refractivity contribution is -0.141. The van der Waals surface area contributed by atoms with Crippen LogP contribution >= 0.6 is 15.9 Å². The fourth-order valence-electron chi connectivity index (χ4n) is 2.02. The van der Waals surface area contributed by atoms with E-state index in [4.69, 9.17) is 9.84 Å². The summed E-state index contributed by atoms with van der Waals surface area (Å²) in [5.74, 6) is -1.95. The number of halogens is 4. The summed E-state index contributed by atoms with van der Waals surface area (Å²) in [6.07, 6.45) is -4.52. The van der Waals surface area contributed by atoms with Crippen LogP contribution in [0.25, 0.3) is 0 Å². The molecule has 1 aliphatic heterocycles. The van der Waals surface area contributed by atoms with E-state index in [0.717, 1.165) is 6.07 Å². The summed E-state index contributed by atoms with van der Waals surface area (Å²) in [5, 5.41) is 11.6. The van der Waals surface area contributed by atoms with Gasteiger partial charge in [-0.15, -0.1) is 0 Å². The third-order valence-electron chi connectivity index (χ3n) is 3.03. The summed E-state index contributed by atoms with van der Waals surface area (Å²) in [4.78, 5) is 11.0. The number of alkyl halides is 3. The highest BCUT2D eigenvalue weighted by molar-refractivity contribution is 9.10. The summed E-state index contributed by atoms with van der Waals surface area (Å²) < 4.78 is 44.2. The summed E-state index contributed by atoms with van der Waals surface area (Å²) in [6.45, 7) is 0.0508. The lowest BCUT2D eigenvalue weighted by Crippen LogP contribution is -2.33. The van der Waals surface area contributed by atoms with Crippen LogP contribution in [0, 0.1) is 5.92 Å². The molecule has 0 amide bonds. The number of hydrogen-bond acceptors (Lipinski definition) is 3. The molecule has 0 spiro atoms. The minimum Gasteiger partial charge on any atom is -0.481 e. The highest BCUT2D eigenvalue weighted by Gasteiger charge is 2.38. The van der Waals surface area contributed by atoms with Crippen molar-refractivity contribution in [3.8, 4) is 0 Å². The minimum atomic E-state index is -4.52.